The van der Waals surface area contributed by atoms with E-state index in [0.717, 1.165) is 23.3 Å². The van der Waals surface area contributed by atoms with Crippen molar-refractivity contribution in [3.8, 4) is 11.5 Å². The number of nitrogens with zero attached hydrogens (tertiary/aromatic N) is 2. The van der Waals surface area contributed by atoms with Crippen LogP contribution in [0.5, 0.6) is 11.5 Å². The molecule has 0 bridgehead atoms. The molecular weight excluding hydrogens is 507 g/mol. The lowest BCUT2D eigenvalue weighted by Gasteiger charge is -2.24. The molecule has 0 saturated carbocycles. The van der Waals surface area contributed by atoms with Gasteiger partial charge in [-0.1, -0.05) is 54.2 Å². The summed E-state index contributed by atoms with van der Waals surface area (Å²) >= 11 is 1.09. The zero-order valence-electron chi connectivity index (χ0n) is 21.0. The highest BCUT2D eigenvalue weighted by Gasteiger charge is 2.48. The first-order chi connectivity index (χ1) is 18.3. The number of halogens is 1. The number of rotatable bonds is 7. The first-order valence-electron chi connectivity index (χ1n) is 12.1. The molecule has 1 unspecified atom stereocenters. The summed E-state index contributed by atoms with van der Waals surface area (Å²) in [6.07, 6.45) is 0.805. The Morgan fingerprint density at radius 1 is 1.08 bits per heavy atom. The molecule has 5 rings (SSSR count). The topological polar surface area (TPSA) is 89.0 Å². The predicted octanol–water partition coefficient (Wildman–Crippen LogP) is 6.17. The zero-order valence-corrected chi connectivity index (χ0v) is 21.8. The molecule has 4 aromatic rings. The highest BCUT2D eigenvalue weighted by Crippen LogP contribution is 2.46. The second-order valence-electron chi connectivity index (χ2n) is 8.90. The highest BCUT2D eigenvalue weighted by molar-refractivity contribution is 7.22. The molecule has 1 aliphatic heterocycles. The number of thiazole rings is 1. The van der Waals surface area contributed by atoms with E-state index in [2.05, 4.69) is 4.98 Å². The van der Waals surface area contributed by atoms with E-state index in [1.54, 1.807) is 30.3 Å². The summed E-state index contributed by atoms with van der Waals surface area (Å²) in [7, 11) is 1.50. The van der Waals surface area contributed by atoms with Crippen LogP contribution in [-0.2, 0) is 9.59 Å². The van der Waals surface area contributed by atoms with Gasteiger partial charge in [-0.15, -0.1) is 0 Å². The molecule has 1 atom stereocenters. The summed E-state index contributed by atoms with van der Waals surface area (Å²) in [5, 5.41) is 11.5. The van der Waals surface area contributed by atoms with Crippen LogP contribution in [0.4, 0.5) is 9.52 Å². The molecule has 0 spiro atoms. The first-order valence-corrected chi connectivity index (χ1v) is 12.9. The average molecular weight is 533 g/mol. The molecule has 2 heterocycles. The smallest absolute Gasteiger partial charge is 0.301 e. The van der Waals surface area contributed by atoms with E-state index in [-0.39, 0.29) is 16.5 Å². The van der Waals surface area contributed by atoms with E-state index in [1.165, 1.54) is 30.2 Å². The van der Waals surface area contributed by atoms with Crippen LogP contribution in [0, 0.1) is 12.7 Å². The van der Waals surface area contributed by atoms with Crippen LogP contribution in [0.25, 0.3) is 16.0 Å². The quantitative estimate of drug-likeness (QED) is 0.174. The number of aliphatic hydroxyl groups is 1. The number of hydrogen-bond acceptors (Lipinski definition) is 7. The van der Waals surface area contributed by atoms with Gasteiger partial charge in [-0.05, 0) is 49.2 Å². The summed E-state index contributed by atoms with van der Waals surface area (Å²) < 4.78 is 25.7. The number of carbonyl (C=O) groups excluding carboxylic acids is 2. The summed E-state index contributed by atoms with van der Waals surface area (Å²) in [6, 6.07) is 15.3. The lowest BCUT2D eigenvalue weighted by Crippen LogP contribution is -2.29. The van der Waals surface area contributed by atoms with Crippen molar-refractivity contribution < 1.29 is 28.6 Å². The number of methoxy groups -OCH3 is 1. The second-order valence-corrected chi connectivity index (χ2v) is 9.91. The van der Waals surface area contributed by atoms with Crippen molar-refractivity contribution in [3.05, 3.63) is 88.7 Å². The summed E-state index contributed by atoms with van der Waals surface area (Å²) in [4.78, 5) is 32.7. The number of carbonyl (C=O) groups is 2. The Morgan fingerprint density at radius 2 is 1.84 bits per heavy atom. The lowest BCUT2D eigenvalue weighted by atomic mass is 9.95. The number of benzene rings is 3. The van der Waals surface area contributed by atoms with E-state index in [9.17, 15) is 19.1 Å². The average Bonchev–Trinajstić information content (AvgIpc) is 3.44. The number of aryl methyl sites for hydroxylation is 1. The van der Waals surface area contributed by atoms with Gasteiger partial charge in [0.1, 0.15) is 11.6 Å². The van der Waals surface area contributed by atoms with Gasteiger partial charge in [0.15, 0.2) is 16.6 Å². The summed E-state index contributed by atoms with van der Waals surface area (Å²) in [6.45, 7) is 4.39. The third-order valence-electron chi connectivity index (χ3n) is 6.28. The molecule has 1 saturated heterocycles. The van der Waals surface area contributed by atoms with Crippen LogP contribution in [0.15, 0.2) is 66.2 Å². The number of fused-ring (bicyclic) bond motifs is 1. The largest absolute Gasteiger partial charge is 0.507 e. The zero-order chi connectivity index (χ0) is 27.0. The van der Waals surface area contributed by atoms with Gasteiger partial charge in [-0.3, -0.25) is 14.5 Å². The number of ketones is 1. The molecule has 1 N–H and O–H groups in total. The molecule has 0 radical (unpaired) electrons. The molecule has 1 amide bonds. The van der Waals surface area contributed by atoms with Crippen molar-refractivity contribution in [1.82, 2.24) is 4.98 Å². The standard InChI is InChI=1S/C29H25FN2O5S/c1-4-13-37-21-12-9-18(14-22(21)36-3)25-24(26(33)17-7-5-16(2)6-8-17)27(34)28(35)32(25)29-31-20-11-10-19(30)15-23(20)38-29/h5-12,14-15,25,33H,4,13H2,1-3H3. The highest BCUT2D eigenvalue weighted by atomic mass is 32.1. The third kappa shape index (κ3) is 4.50. The SMILES string of the molecule is CCCOc1ccc(C2C(=C(O)c3ccc(C)cc3)C(=O)C(=O)N2c2nc3ccc(F)cc3s2)cc1OC. The lowest BCUT2D eigenvalue weighted by molar-refractivity contribution is -0.132. The van der Waals surface area contributed by atoms with Gasteiger partial charge < -0.3 is 14.6 Å². The van der Waals surface area contributed by atoms with E-state index < -0.39 is 23.5 Å². The van der Waals surface area contributed by atoms with Gasteiger partial charge in [0.2, 0.25) is 0 Å². The fourth-order valence-corrected chi connectivity index (χ4v) is 5.40. The second kappa shape index (κ2) is 10.3. The Hall–Kier alpha value is -4.24. The maximum Gasteiger partial charge on any atom is 0.301 e. The predicted molar refractivity (Wildman–Crippen MR) is 144 cm³/mol. The van der Waals surface area contributed by atoms with Crippen molar-refractivity contribution in [3.63, 3.8) is 0 Å². The van der Waals surface area contributed by atoms with Gasteiger partial charge >= 0.3 is 5.91 Å². The monoisotopic (exact) mass is 532 g/mol. The van der Waals surface area contributed by atoms with E-state index in [1.807, 2.05) is 26.0 Å². The van der Waals surface area contributed by atoms with Crippen molar-refractivity contribution in [2.75, 3.05) is 18.6 Å². The molecule has 1 aliphatic rings. The van der Waals surface area contributed by atoms with E-state index in [4.69, 9.17) is 9.47 Å². The Labute approximate surface area is 222 Å². The van der Waals surface area contributed by atoms with Gasteiger partial charge in [-0.25, -0.2) is 9.37 Å². The molecule has 1 aromatic heterocycles. The van der Waals surface area contributed by atoms with Crippen molar-refractivity contribution in [2.24, 2.45) is 0 Å². The van der Waals surface area contributed by atoms with Crippen LogP contribution in [0.3, 0.4) is 0 Å². The van der Waals surface area contributed by atoms with Crippen LogP contribution in [0.2, 0.25) is 0 Å². The van der Waals surface area contributed by atoms with Crippen LogP contribution in [-0.4, -0.2) is 35.5 Å². The number of aromatic nitrogens is 1. The first kappa shape index (κ1) is 25.4. The Kier molecular flexibility index (Phi) is 6.86. The summed E-state index contributed by atoms with van der Waals surface area (Å²) in [5.41, 5.74) is 2.32. The number of Topliss-reactive ketones (excluding diaryl/α,β-unsaturated/α-hetero) is 1. The molecular formula is C29H25FN2O5S. The number of hydrogen-bond donors (Lipinski definition) is 1. The third-order valence-corrected chi connectivity index (χ3v) is 7.30. The van der Waals surface area contributed by atoms with Crippen molar-refractivity contribution in [2.45, 2.75) is 26.3 Å². The van der Waals surface area contributed by atoms with E-state index in [0.29, 0.717) is 39.4 Å². The van der Waals surface area contributed by atoms with Gasteiger partial charge in [-0.2, -0.15) is 0 Å². The summed E-state index contributed by atoms with van der Waals surface area (Å²) in [5.74, 6) is -1.48. The molecule has 38 heavy (non-hydrogen) atoms. The normalized spacial score (nSPS) is 16.8. The Morgan fingerprint density at radius 3 is 2.55 bits per heavy atom. The maximum atomic E-state index is 13.9. The number of aliphatic hydroxyl groups excluding tert-OH is 1. The molecule has 7 nitrogen and oxygen atoms in total. The van der Waals surface area contributed by atoms with E-state index >= 15 is 0 Å². The van der Waals surface area contributed by atoms with Crippen LogP contribution < -0.4 is 14.4 Å². The van der Waals surface area contributed by atoms with Crippen molar-refractivity contribution >= 4 is 44.1 Å². The molecule has 1 fully saturated rings. The molecule has 0 aliphatic carbocycles. The van der Waals surface area contributed by atoms with Crippen LogP contribution in [0.1, 0.15) is 36.1 Å². The van der Waals surface area contributed by atoms with Gasteiger partial charge in [0, 0.05) is 5.56 Å². The maximum absolute atomic E-state index is 13.9. The minimum absolute atomic E-state index is 0.0754. The Balaban J connectivity index is 1.71. The Bertz CT molecular complexity index is 1580. The number of ether oxygens (including phenoxy) is 2. The van der Waals surface area contributed by atoms with Gasteiger partial charge in [0.25, 0.3) is 5.78 Å². The van der Waals surface area contributed by atoms with Gasteiger partial charge in [0.05, 0.1) is 35.5 Å². The van der Waals surface area contributed by atoms with Crippen LogP contribution >= 0.6 is 11.3 Å². The van der Waals surface area contributed by atoms with Crippen molar-refractivity contribution in [1.29, 1.82) is 0 Å². The number of amides is 1. The molecule has 9 heteroatoms. The molecule has 3 aromatic carbocycles. The minimum atomic E-state index is -1.00. The fraction of sp³-hybridized carbons (Fsp3) is 0.207. The number of anilines is 1. The molecule has 194 valence electrons. The minimum Gasteiger partial charge on any atom is -0.507 e. The fourth-order valence-electron chi connectivity index (χ4n) is 4.39.